The van der Waals surface area contributed by atoms with Crippen LogP contribution >= 0.6 is 15.9 Å². The first-order chi connectivity index (χ1) is 10.2. The first kappa shape index (κ1) is 13.8. The smallest absolute Gasteiger partial charge is 0.153 e. The molecule has 3 nitrogen and oxygen atoms in total. The Bertz CT molecular complexity index is 830. The lowest BCUT2D eigenvalue weighted by atomic mass is 10.2. The number of para-hydroxylation sites is 1. The van der Waals surface area contributed by atoms with Crippen molar-refractivity contribution in [2.24, 2.45) is 0 Å². The van der Waals surface area contributed by atoms with Gasteiger partial charge in [-0.2, -0.15) is 0 Å². The minimum absolute atomic E-state index is 0.503. The lowest BCUT2D eigenvalue weighted by molar-refractivity contribution is 0.112. The van der Waals surface area contributed by atoms with Crippen molar-refractivity contribution in [1.82, 2.24) is 4.98 Å². The fourth-order valence-corrected chi connectivity index (χ4v) is 2.45. The van der Waals surface area contributed by atoms with Crippen molar-refractivity contribution in [3.63, 3.8) is 0 Å². The van der Waals surface area contributed by atoms with Crippen LogP contribution in [0.25, 0.3) is 10.9 Å². The number of hydrogen-bond acceptors (Lipinski definition) is 3. The van der Waals surface area contributed by atoms with Gasteiger partial charge in [0, 0.05) is 15.6 Å². The van der Waals surface area contributed by atoms with Gasteiger partial charge < -0.3 is 4.74 Å². The van der Waals surface area contributed by atoms with Gasteiger partial charge in [-0.1, -0.05) is 34.1 Å². The number of ether oxygens (including phenoxy) is 1. The van der Waals surface area contributed by atoms with E-state index >= 15 is 0 Å². The lowest BCUT2D eigenvalue weighted by Crippen LogP contribution is -1.93. The largest absolute Gasteiger partial charge is 0.454 e. The van der Waals surface area contributed by atoms with Crippen LogP contribution in [0.2, 0.25) is 0 Å². The van der Waals surface area contributed by atoms with Crippen molar-refractivity contribution in [3.8, 4) is 11.5 Å². The van der Waals surface area contributed by atoms with E-state index in [4.69, 9.17) is 4.74 Å². The van der Waals surface area contributed by atoms with Crippen LogP contribution in [-0.2, 0) is 0 Å². The molecule has 0 spiro atoms. The molecular formula is C17H12BrNO2. The Morgan fingerprint density at radius 3 is 2.76 bits per heavy atom. The number of pyridine rings is 1. The molecule has 21 heavy (non-hydrogen) atoms. The summed E-state index contributed by atoms with van der Waals surface area (Å²) >= 11 is 3.39. The summed E-state index contributed by atoms with van der Waals surface area (Å²) in [5.74, 6) is 1.15. The molecule has 0 atom stereocenters. The highest BCUT2D eigenvalue weighted by atomic mass is 79.9. The third-order valence-electron chi connectivity index (χ3n) is 3.14. The molecule has 0 unspecified atom stereocenters. The molecule has 1 aromatic heterocycles. The van der Waals surface area contributed by atoms with Crippen LogP contribution in [0.1, 0.15) is 16.1 Å². The maximum Gasteiger partial charge on any atom is 0.153 e. The molecule has 0 saturated carbocycles. The Balaban J connectivity index is 2.12. The number of hydrogen-bond donors (Lipinski definition) is 0. The molecule has 3 rings (SSSR count). The topological polar surface area (TPSA) is 39.2 Å². The van der Waals surface area contributed by atoms with Gasteiger partial charge in [0.05, 0.1) is 5.56 Å². The number of aldehydes is 1. The van der Waals surface area contributed by atoms with Crippen LogP contribution in [0.5, 0.6) is 11.5 Å². The van der Waals surface area contributed by atoms with E-state index in [1.165, 1.54) is 0 Å². The number of aryl methyl sites for hydroxylation is 1. The highest BCUT2D eigenvalue weighted by Crippen LogP contribution is 2.31. The zero-order valence-corrected chi connectivity index (χ0v) is 12.9. The third-order valence-corrected chi connectivity index (χ3v) is 3.64. The summed E-state index contributed by atoms with van der Waals surface area (Å²) in [7, 11) is 0. The Hall–Kier alpha value is -2.20. The lowest BCUT2D eigenvalue weighted by Gasteiger charge is -2.11. The number of halogens is 1. The van der Waals surface area contributed by atoms with Gasteiger partial charge in [0.1, 0.15) is 11.3 Å². The molecular weight excluding hydrogens is 330 g/mol. The van der Waals surface area contributed by atoms with Gasteiger partial charge >= 0.3 is 0 Å². The normalized spacial score (nSPS) is 10.6. The summed E-state index contributed by atoms with van der Waals surface area (Å²) in [5.41, 5.74) is 2.21. The third kappa shape index (κ3) is 2.81. The number of fused-ring (bicyclic) bond motifs is 1. The molecule has 0 aliphatic carbocycles. The van der Waals surface area contributed by atoms with Crippen molar-refractivity contribution in [1.29, 1.82) is 0 Å². The standard InChI is InChI=1S/C17H12BrNO2/c1-11-5-6-12-3-2-4-15(17(12)19-11)21-16-9-14(18)8-7-13(16)10-20/h2-10H,1H3. The predicted octanol–water partition coefficient (Wildman–Crippen LogP) is 4.91. The molecule has 0 bridgehead atoms. The van der Waals surface area contributed by atoms with Gasteiger partial charge in [-0.3, -0.25) is 4.79 Å². The monoisotopic (exact) mass is 341 g/mol. The number of benzene rings is 2. The van der Waals surface area contributed by atoms with E-state index in [2.05, 4.69) is 20.9 Å². The maximum absolute atomic E-state index is 11.1. The molecule has 0 aliphatic rings. The number of carbonyl (C=O) groups excluding carboxylic acids is 1. The molecule has 0 saturated heterocycles. The summed E-state index contributed by atoms with van der Waals surface area (Å²) in [6.07, 6.45) is 0.783. The molecule has 0 amide bonds. The second kappa shape index (κ2) is 5.66. The van der Waals surface area contributed by atoms with Gasteiger partial charge in [-0.15, -0.1) is 0 Å². The van der Waals surface area contributed by atoms with E-state index in [9.17, 15) is 4.79 Å². The van der Waals surface area contributed by atoms with Crippen molar-refractivity contribution >= 4 is 33.1 Å². The number of nitrogens with zero attached hydrogens (tertiary/aromatic N) is 1. The van der Waals surface area contributed by atoms with Crippen molar-refractivity contribution in [3.05, 3.63) is 64.3 Å². The van der Waals surface area contributed by atoms with Crippen LogP contribution in [0.4, 0.5) is 0 Å². The zero-order chi connectivity index (χ0) is 14.8. The van der Waals surface area contributed by atoms with Crippen molar-refractivity contribution < 1.29 is 9.53 Å². The van der Waals surface area contributed by atoms with Crippen LogP contribution in [-0.4, -0.2) is 11.3 Å². The van der Waals surface area contributed by atoms with Crippen LogP contribution in [0.3, 0.4) is 0 Å². The Labute approximate surface area is 130 Å². The first-order valence-electron chi connectivity index (χ1n) is 6.46. The van der Waals surface area contributed by atoms with E-state index in [0.29, 0.717) is 17.1 Å². The second-order valence-corrected chi connectivity index (χ2v) is 5.60. The maximum atomic E-state index is 11.1. The average molecular weight is 342 g/mol. The fraction of sp³-hybridized carbons (Fsp3) is 0.0588. The van der Waals surface area contributed by atoms with Crippen LogP contribution in [0, 0.1) is 6.92 Å². The molecule has 1 heterocycles. The fourth-order valence-electron chi connectivity index (χ4n) is 2.11. The number of carbonyl (C=O) groups is 1. The van der Waals surface area contributed by atoms with Crippen LogP contribution in [0.15, 0.2) is 53.0 Å². The summed E-state index contributed by atoms with van der Waals surface area (Å²) in [6.45, 7) is 1.94. The molecule has 2 aromatic carbocycles. The quantitative estimate of drug-likeness (QED) is 0.635. The van der Waals surface area contributed by atoms with Gasteiger partial charge in [-0.05, 0) is 37.3 Å². The minimum Gasteiger partial charge on any atom is -0.454 e. The molecule has 104 valence electrons. The predicted molar refractivity (Wildman–Crippen MR) is 86.1 cm³/mol. The van der Waals surface area contributed by atoms with E-state index in [1.807, 2.05) is 43.3 Å². The van der Waals surface area contributed by atoms with Crippen molar-refractivity contribution in [2.45, 2.75) is 6.92 Å². The van der Waals surface area contributed by atoms with Gasteiger partial charge in [0.25, 0.3) is 0 Å². The van der Waals surface area contributed by atoms with Gasteiger partial charge in [0.2, 0.25) is 0 Å². The summed E-state index contributed by atoms with van der Waals surface area (Å²) in [4.78, 5) is 15.7. The summed E-state index contributed by atoms with van der Waals surface area (Å²) < 4.78 is 6.78. The summed E-state index contributed by atoms with van der Waals surface area (Å²) in [6, 6.07) is 15.0. The van der Waals surface area contributed by atoms with E-state index in [0.717, 1.165) is 27.4 Å². The SMILES string of the molecule is Cc1ccc2cccc(Oc3cc(Br)ccc3C=O)c2n1. The van der Waals surface area contributed by atoms with E-state index in [1.54, 1.807) is 12.1 Å². The molecule has 0 fully saturated rings. The average Bonchev–Trinajstić information content (AvgIpc) is 2.48. The van der Waals surface area contributed by atoms with Gasteiger partial charge in [0.15, 0.2) is 12.0 Å². The molecule has 0 aliphatic heterocycles. The molecule has 3 aromatic rings. The van der Waals surface area contributed by atoms with E-state index in [-0.39, 0.29) is 0 Å². The highest BCUT2D eigenvalue weighted by molar-refractivity contribution is 9.10. The second-order valence-electron chi connectivity index (χ2n) is 4.68. The highest BCUT2D eigenvalue weighted by Gasteiger charge is 2.09. The Morgan fingerprint density at radius 2 is 1.95 bits per heavy atom. The Kier molecular flexibility index (Phi) is 3.71. The number of rotatable bonds is 3. The van der Waals surface area contributed by atoms with Gasteiger partial charge in [-0.25, -0.2) is 4.98 Å². The zero-order valence-electron chi connectivity index (χ0n) is 11.3. The minimum atomic E-state index is 0.503. The molecule has 0 radical (unpaired) electrons. The van der Waals surface area contributed by atoms with Crippen molar-refractivity contribution in [2.75, 3.05) is 0 Å². The molecule has 4 heteroatoms. The Morgan fingerprint density at radius 1 is 1.10 bits per heavy atom. The summed E-state index contributed by atoms with van der Waals surface area (Å²) in [5, 5.41) is 1.00. The molecule has 0 N–H and O–H groups in total. The number of aromatic nitrogens is 1. The van der Waals surface area contributed by atoms with Crippen LogP contribution < -0.4 is 4.74 Å². The van der Waals surface area contributed by atoms with E-state index < -0.39 is 0 Å². The first-order valence-corrected chi connectivity index (χ1v) is 7.25.